The number of esters is 1. The second-order valence-corrected chi connectivity index (χ2v) is 8.71. The number of piperidine rings is 1. The van der Waals surface area contributed by atoms with Crippen LogP contribution in [0.1, 0.15) is 44.9 Å². The second-order valence-electron chi connectivity index (χ2n) is 6.81. The number of rotatable bonds is 4. The van der Waals surface area contributed by atoms with Gasteiger partial charge in [-0.05, 0) is 50.7 Å². The number of benzene rings is 1. The molecular weight excluding hydrogens is 345 g/mol. The molecule has 5 nitrogen and oxygen atoms in total. The zero-order chi connectivity index (χ0) is 17.9. The topological polar surface area (TPSA) is 63.7 Å². The Morgan fingerprint density at radius 3 is 2.32 bits per heavy atom. The second kappa shape index (κ2) is 7.83. The van der Waals surface area contributed by atoms with Gasteiger partial charge < -0.3 is 4.74 Å². The summed E-state index contributed by atoms with van der Waals surface area (Å²) in [5, 5.41) is 0. The largest absolute Gasteiger partial charge is 0.462 e. The molecule has 0 N–H and O–H groups in total. The van der Waals surface area contributed by atoms with Crippen LogP contribution in [0.2, 0.25) is 0 Å². The van der Waals surface area contributed by atoms with Crippen molar-refractivity contribution in [2.45, 2.75) is 55.9 Å². The summed E-state index contributed by atoms with van der Waals surface area (Å²) >= 11 is 0. The number of carbonyl (C=O) groups is 1. The molecule has 2 fully saturated rings. The maximum absolute atomic E-state index is 13.8. The van der Waals surface area contributed by atoms with Gasteiger partial charge in [0.05, 0.1) is 5.92 Å². The number of sulfonamides is 1. The fourth-order valence-corrected chi connectivity index (χ4v) is 5.10. The molecule has 25 heavy (non-hydrogen) atoms. The van der Waals surface area contributed by atoms with E-state index in [9.17, 15) is 17.6 Å². The van der Waals surface area contributed by atoms with Crippen LogP contribution in [0.25, 0.3) is 0 Å². The van der Waals surface area contributed by atoms with Gasteiger partial charge >= 0.3 is 5.97 Å². The van der Waals surface area contributed by atoms with Crippen molar-refractivity contribution in [1.82, 2.24) is 4.31 Å². The monoisotopic (exact) mass is 369 g/mol. The quantitative estimate of drug-likeness (QED) is 0.765. The van der Waals surface area contributed by atoms with Crippen LogP contribution in [0.15, 0.2) is 29.2 Å². The lowest BCUT2D eigenvalue weighted by Crippen LogP contribution is -2.41. The highest BCUT2D eigenvalue weighted by atomic mass is 32.2. The van der Waals surface area contributed by atoms with E-state index in [-0.39, 0.29) is 36.0 Å². The summed E-state index contributed by atoms with van der Waals surface area (Å²) < 4.78 is 45.8. The summed E-state index contributed by atoms with van der Waals surface area (Å²) in [5.74, 6) is -1.23. The number of halogens is 1. The third-order valence-corrected chi connectivity index (χ3v) is 7.01. The molecule has 1 saturated heterocycles. The van der Waals surface area contributed by atoms with Crippen LogP contribution in [0.5, 0.6) is 0 Å². The van der Waals surface area contributed by atoms with E-state index in [1.807, 2.05) is 0 Å². The van der Waals surface area contributed by atoms with Gasteiger partial charge in [0.15, 0.2) is 0 Å². The molecule has 0 atom stereocenters. The predicted molar refractivity (Wildman–Crippen MR) is 90.8 cm³/mol. The molecule has 2 aliphatic rings. The molecule has 1 aromatic carbocycles. The van der Waals surface area contributed by atoms with Crippen LogP contribution >= 0.6 is 0 Å². The van der Waals surface area contributed by atoms with E-state index in [0.29, 0.717) is 12.8 Å². The summed E-state index contributed by atoms with van der Waals surface area (Å²) in [6.07, 6.45) is 6.08. The molecule has 0 bridgehead atoms. The summed E-state index contributed by atoms with van der Waals surface area (Å²) in [7, 11) is -3.86. The molecular formula is C18H24FNO4S. The zero-order valence-corrected chi connectivity index (χ0v) is 15.0. The predicted octanol–water partition coefficient (Wildman–Crippen LogP) is 3.10. The Labute approximate surface area is 148 Å². The minimum absolute atomic E-state index is 0.0152. The first kappa shape index (κ1) is 18.3. The van der Waals surface area contributed by atoms with E-state index in [4.69, 9.17) is 4.74 Å². The molecule has 1 aliphatic carbocycles. The molecule has 0 aromatic heterocycles. The van der Waals surface area contributed by atoms with E-state index in [1.165, 1.54) is 28.9 Å². The van der Waals surface area contributed by atoms with Crippen LogP contribution in [0, 0.1) is 11.7 Å². The SMILES string of the molecule is O=C(OC1CCCCC1)C1CCN(S(=O)(=O)c2ccccc2F)CC1. The molecule has 0 unspecified atom stereocenters. The number of carbonyl (C=O) groups excluding carboxylic acids is 1. The van der Waals surface area contributed by atoms with Crippen molar-refractivity contribution in [3.63, 3.8) is 0 Å². The normalized spacial score (nSPS) is 21.2. The maximum Gasteiger partial charge on any atom is 0.309 e. The fraction of sp³-hybridized carbons (Fsp3) is 0.611. The summed E-state index contributed by atoms with van der Waals surface area (Å²) in [5.41, 5.74) is 0. The Hall–Kier alpha value is -1.47. The Morgan fingerprint density at radius 1 is 1.04 bits per heavy atom. The molecule has 138 valence electrons. The fourth-order valence-electron chi connectivity index (χ4n) is 3.57. The van der Waals surface area contributed by atoms with Gasteiger partial charge in [-0.15, -0.1) is 0 Å². The van der Waals surface area contributed by atoms with E-state index < -0.39 is 15.8 Å². The van der Waals surface area contributed by atoms with Gasteiger partial charge in [-0.3, -0.25) is 4.79 Å². The van der Waals surface area contributed by atoms with Gasteiger partial charge in [-0.25, -0.2) is 12.8 Å². The molecule has 0 amide bonds. The van der Waals surface area contributed by atoms with Crippen molar-refractivity contribution >= 4 is 16.0 Å². The number of ether oxygens (including phenoxy) is 1. The van der Waals surface area contributed by atoms with Crippen molar-refractivity contribution in [2.75, 3.05) is 13.1 Å². The zero-order valence-electron chi connectivity index (χ0n) is 14.2. The highest BCUT2D eigenvalue weighted by Gasteiger charge is 2.34. The molecule has 0 spiro atoms. The third kappa shape index (κ3) is 4.20. The maximum atomic E-state index is 13.8. The summed E-state index contributed by atoms with van der Waals surface area (Å²) in [6, 6.07) is 5.38. The minimum atomic E-state index is -3.86. The molecule has 1 aliphatic heterocycles. The van der Waals surface area contributed by atoms with Crippen molar-refractivity contribution in [3.05, 3.63) is 30.1 Å². The molecule has 3 rings (SSSR count). The highest BCUT2D eigenvalue weighted by molar-refractivity contribution is 7.89. The molecule has 1 heterocycles. The smallest absolute Gasteiger partial charge is 0.309 e. The average Bonchev–Trinajstić information content (AvgIpc) is 2.63. The van der Waals surface area contributed by atoms with Crippen molar-refractivity contribution in [1.29, 1.82) is 0 Å². The lowest BCUT2D eigenvalue weighted by atomic mass is 9.96. The first-order chi connectivity index (χ1) is 12.0. The summed E-state index contributed by atoms with van der Waals surface area (Å²) in [4.78, 5) is 12.0. The van der Waals surface area contributed by atoms with Crippen molar-refractivity contribution in [2.24, 2.45) is 5.92 Å². The van der Waals surface area contributed by atoms with Crippen LogP contribution in [-0.2, 0) is 19.6 Å². The van der Waals surface area contributed by atoms with Gasteiger partial charge in [0, 0.05) is 13.1 Å². The Bertz CT molecular complexity index is 708. The molecule has 1 aromatic rings. The summed E-state index contributed by atoms with van der Waals surface area (Å²) in [6.45, 7) is 0.419. The first-order valence-electron chi connectivity index (χ1n) is 8.93. The van der Waals surface area contributed by atoms with Crippen LogP contribution in [0.4, 0.5) is 4.39 Å². The lowest BCUT2D eigenvalue weighted by Gasteiger charge is -2.31. The van der Waals surface area contributed by atoms with Crippen LogP contribution in [0.3, 0.4) is 0 Å². The lowest BCUT2D eigenvalue weighted by molar-refractivity contribution is -0.156. The van der Waals surface area contributed by atoms with E-state index in [2.05, 4.69) is 0 Å². The third-order valence-electron chi connectivity index (χ3n) is 5.08. The first-order valence-corrected chi connectivity index (χ1v) is 10.4. The highest BCUT2D eigenvalue weighted by Crippen LogP contribution is 2.27. The Balaban J connectivity index is 1.58. The molecule has 7 heteroatoms. The number of hydrogen-bond donors (Lipinski definition) is 0. The van der Waals surface area contributed by atoms with E-state index >= 15 is 0 Å². The van der Waals surface area contributed by atoms with Gasteiger partial charge in [-0.1, -0.05) is 18.6 Å². The Kier molecular flexibility index (Phi) is 5.74. The van der Waals surface area contributed by atoms with E-state index in [0.717, 1.165) is 31.7 Å². The minimum Gasteiger partial charge on any atom is -0.462 e. The number of nitrogens with zero attached hydrogens (tertiary/aromatic N) is 1. The molecule has 0 radical (unpaired) electrons. The van der Waals surface area contributed by atoms with Crippen molar-refractivity contribution in [3.8, 4) is 0 Å². The average molecular weight is 369 g/mol. The number of hydrogen-bond acceptors (Lipinski definition) is 4. The molecule has 1 saturated carbocycles. The van der Waals surface area contributed by atoms with Gasteiger partial charge in [0.25, 0.3) is 0 Å². The van der Waals surface area contributed by atoms with Crippen molar-refractivity contribution < 1.29 is 22.3 Å². The van der Waals surface area contributed by atoms with Gasteiger partial charge in [0.2, 0.25) is 10.0 Å². The standard InChI is InChI=1S/C18H24FNO4S/c19-16-8-4-5-9-17(16)25(22,23)20-12-10-14(11-13-20)18(21)24-15-6-2-1-3-7-15/h4-5,8-9,14-15H,1-3,6-7,10-13H2. The van der Waals surface area contributed by atoms with E-state index in [1.54, 1.807) is 0 Å². The van der Waals surface area contributed by atoms with Gasteiger partial charge in [-0.2, -0.15) is 4.31 Å². The van der Waals surface area contributed by atoms with Gasteiger partial charge in [0.1, 0.15) is 16.8 Å². The van der Waals surface area contributed by atoms with Crippen LogP contribution < -0.4 is 0 Å². The Morgan fingerprint density at radius 2 is 1.68 bits per heavy atom. The van der Waals surface area contributed by atoms with Crippen LogP contribution in [-0.4, -0.2) is 37.9 Å².